The molecule has 0 saturated carbocycles. The number of nitrogens with one attached hydrogen (secondary N) is 2. The Morgan fingerprint density at radius 2 is 1.86 bits per heavy atom. The van der Waals surface area contributed by atoms with Crippen LogP contribution in [0.5, 0.6) is 0 Å². The van der Waals surface area contributed by atoms with E-state index in [2.05, 4.69) is 29.4 Å². The highest BCUT2D eigenvalue weighted by Gasteiger charge is 1.96. The summed E-state index contributed by atoms with van der Waals surface area (Å²) < 4.78 is 0. The minimum absolute atomic E-state index is 0.101. The summed E-state index contributed by atoms with van der Waals surface area (Å²) in [6.45, 7) is 5.84. The van der Waals surface area contributed by atoms with Crippen molar-refractivity contribution in [2.24, 2.45) is 0 Å². The zero-order valence-corrected chi connectivity index (χ0v) is 8.35. The first kappa shape index (κ1) is 12.5. The van der Waals surface area contributed by atoms with E-state index in [-0.39, 0.29) is 18.2 Å². The van der Waals surface area contributed by atoms with Gasteiger partial charge in [-0.3, -0.25) is 9.59 Å². The third-order valence-electron chi connectivity index (χ3n) is 1.32. The Kier molecular flexibility index (Phi) is 7.24. The Hall–Kier alpha value is -1.50. The van der Waals surface area contributed by atoms with Gasteiger partial charge in [0.1, 0.15) is 0 Å². The van der Waals surface area contributed by atoms with Crippen molar-refractivity contribution in [3.8, 4) is 11.8 Å². The van der Waals surface area contributed by atoms with Crippen molar-refractivity contribution in [3.05, 3.63) is 6.92 Å². The third-order valence-corrected chi connectivity index (χ3v) is 1.32. The van der Waals surface area contributed by atoms with Crippen molar-refractivity contribution in [3.63, 3.8) is 0 Å². The zero-order valence-electron chi connectivity index (χ0n) is 8.35. The Morgan fingerprint density at radius 1 is 1.21 bits per heavy atom. The minimum atomic E-state index is -0.128. The minimum Gasteiger partial charge on any atom is -0.355 e. The molecule has 0 aromatic rings. The predicted octanol–water partition coefficient (Wildman–Crippen LogP) is -0.144. The molecule has 0 fully saturated rings. The molecule has 0 saturated heterocycles. The smallest absolute Gasteiger partial charge is 0.232 e. The molecule has 4 nitrogen and oxygen atoms in total. The van der Waals surface area contributed by atoms with Gasteiger partial charge >= 0.3 is 0 Å². The first-order chi connectivity index (χ1) is 6.66. The van der Waals surface area contributed by atoms with Crippen LogP contribution in [-0.4, -0.2) is 24.9 Å². The molecule has 0 spiro atoms. The SMILES string of the molecule is [CH2]CC#CCC(=O)NCCNC(C)=O. The maximum Gasteiger partial charge on any atom is 0.232 e. The molecule has 0 aliphatic heterocycles. The van der Waals surface area contributed by atoms with Gasteiger partial charge in [-0.2, -0.15) is 0 Å². The Morgan fingerprint density at radius 3 is 2.43 bits per heavy atom. The average Bonchev–Trinajstić information content (AvgIpc) is 2.13. The highest BCUT2D eigenvalue weighted by molar-refractivity contribution is 5.78. The summed E-state index contributed by atoms with van der Waals surface area (Å²) in [7, 11) is 0. The van der Waals surface area contributed by atoms with Gasteiger partial charge in [-0.1, -0.05) is 5.92 Å². The van der Waals surface area contributed by atoms with Crippen LogP contribution in [-0.2, 0) is 9.59 Å². The van der Waals surface area contributed by atoms with Crippen molar-refractivity contribution < 1.29 is 9.59 Å². The topological polar surface area (TPSA) is 58.2 Å². The number of carbonyl (C=O) groups is 2. The van der Waals surface area contributed by atoms with Crippen LogP contribution in [0.2, 0.25) is 0 Å². The summed E-state index contributed by atoms with van der Waals surface area (Å²) >= 11 is 0. The molecule has 0 bridgehead atoms. The molecule has 0 aromatic carbocycles. The molecule has 0 aromatic heterocycles. The number of rotatable bonds is 4. The number of amides is 2. The molecule has 0 aliphatic carbocycles. The molecule has 2 amide bonds. The lowest BCUT2D eigenvalue weighted by molar-refractivity contribution is -0.121. The molecular formula is C10H15N2O2. The van der Waals surface area contributed by atoms with Crippen molar-refractivity contribution >= 4 is 11.8 Å². The van der Waals surface area contributed by atoms with Crippen LogP contribution in [0.3, 0.4) is 0 Å². The summed E-state index contributed by atoms with van der Waals surface area (Å²) in [5.41, 5.74) is 0. The molecule has 0 aliphatic rings. The maximum atomic E-state index is 11.0. The van der Waals surface area contributed by atoms with Gasteiger partial charge in [0.2, 0.25) is 11.8 Å². The summed E-state index contributed by atoms with van der Waals surface area (Å²) in [6.07, 6.45) is 0.703. The fraction of sp³-hybridized carbons (Fsp3) is 0.500. The van der Waals surface area contributed by atoms with Crippen LogP contribution in [0.15, 0.2) is 0 Å². The molecule has 0 heterocycles. The van der Waals surface area contributed by atoms with E-state index in [0.29, 0.717) is 19.5 Å². The third kappa shape index (κ3) is 8.60. The fourth-order valence-corrected chi connectivity index (χ4v) is 0.734. The van der Waals surface area contributed by atoms with Crippen LogP contribution >= 0.6 is 0 Å². The van der Waals surface area contributed by atoms with E-state index in [1.165, 1.54) is 6.92 Å². The van der Waals surface area contributed by atoms with E-state index >= 15 is 0 Å². The second kappa shape index (κ2) is 8.11. The second-order valence-corrected chi connectivity index (χ2v) is 2.61. The van der Waals surface area contributed by atoms with Crippen LogP contribution in [0, 0.1) is 18.8 Å². The lowest BCUT2D eigenvalue weighted by Gasteiger charge is -2.02. The Balaban J connectivity index is 3.40. The normalized spacial score (nSPS) is 8.43. The Bertz CT molecular complexity index is 251. The zero-order chi connectivity index (χ0) is 10.8. The van der Waals surface area contributed by atoms with Crippen molar-refractivity contribution in [1.29, 1.82) is 0 Å². The van der Waals surface area contributed by atoms with E-state index in [1.807, 2.05) is 0 Å². The monoisotopic (exact) mass is 195 g/mol. The summed E-state index contributed by atoms with van der Waals surface area (Å²) in [5.74, 6) is 5.14. The second-order valence-electron chi connectivity index (χ2n) is 2.61. The molecule has 77 valence electrons. The average molecular weight is 195 g/mol. The van der Waals surface area contributed by atoms with E-state index in [1.54, 1.807) is 0 Å². The summed E-state index contributed by atoms with van der Waals surface area (Å²) in [4.78, 5) is 21.5. The van der Waals surface area contributed by atoms with Crippen LogP contribution in [0.1, 0.15) is 19.8 Å². The van der Waals surface area contributed by atoms with E-state index in [9.17, 15) is 9.59 Å². The highest BCUT2D eigenvalue weighted by Crippen LogP contribution is 1.76. The predicted molar refractivity (Wildman–Crippen MR) is 54.1 cm³/mol. The lowest BCUT2D eigenvalue weighted by Crippen LogP contribution is -2.33. The van der Waals surface area contributed by atoms with Gasteiger partial charge in [0.05, 0.1) is 6.42 Å². The van der Waals surface area contributed by atoms with E-state index in [4.69, 9.17) is 0 Å². The first-order valence-electron chi connectivity index (χ1n) is 4.43. The van der Waals surface area contributed by atoms with Crippen LogP contribution in [0.4, 0.5) is 0 Å². The molecule has 4 heteroatoms. The molecular weight excluding hydrogens is 180 g/mol. The molecule has 0 atom stereocenters. The largest absolute Gasteiger partial charge is 0.355 e. The lowest BCUT2D eigenvalue weighted by atomic mass is 10.3. The summed E-state index contributed by atoms with van der Waals surface area (Å²) in [5, 5.41) is 5.19. The highest BCUT2D eigenvalue weighted by atomic mass is 16.2. The molecule has 2 N–H and O–H groups in total. The number of carbonyl (C=O) groups excluding carboxylic acids is 2. The van der Waals surface area contributed by atoms with Gasteiger partial charge in [-0.15, -0.1) is 5.92 Å². The van der Waals surface area contributed by atoms with Gasteiger partial charge < -0.3 is 10.6 Å². The van der Waals surface area contributed by atoms with Crippen molar-refractivity contribution in [2.45, 2.75) is 19.8 Å². The van der Waals surface area contributed by atoms with Gasteiger partial charge in [-0.05, 0) is 6.92 Å². The van der Waals surface area contributed by atoms with Crippen molar-refractivity contribution in [1.82, 2.24) is 10.6 Å². The molecule has 1 radical (unpaired) electrons. The molecule has 14 heavy (non-hydrogen) atoms. The van der Waals surface area contributed by atoms with Crippen molar-refractivity contribution in [2.75, 3.05) is 13.1 Å². The first-order valence-corrected chi connectivity index (χ1v) is 4.43. The quantitative estimate of drug-likeness (QED) is 0.484. The van der Waals surface area contributed by atoms with Gasteiger partial charge in [0.15, 0.2) is 0 Å². The summed E-state index contributed by atoms with van der Waals surface area (Å²) in [6, 6.07) is 0. The van der Waals surface area contributed by atoms with Gasteiger partial charge in [-0.25, -0.2) is 0 Å². The maximum absolute atomic E-state index is 11.0. The fourth-order valence-electron chi connectivity index (χ4n) is 0.734. The Labute approximate surface area is 84.4 Å². The molecule has 0 unspecified atom stereocenters. The standard InChI is InChI=1S/C10H15N2O2/c1-3-4-5-6-10(14)12-8-7-11-9(2)13/h1,3,6-8H2,2H3,(H,11,13)(H,12,14). The number of hydrogen-bond acceptors (Lipinski definition) is 2. The van der Waals surface area contributed by atoms with Gasteiger partial charge in [0.25, 0.3) is 0 Å². The van der Waals surface area contributed by atoms with E-state index < -0.39 is 0 Å². The molecule has 0 rings (SSSR count). The van der Waals surface area contributed by atoms with E-state index in [0.717, 1.165) is 0 Å². The van der Waals surface area contributed by atoms with Gasteiger partial charge in [0, 0.05) is 26.4 Å². The van der Waals surface area contributed by atoms with Crippen LogP contribution < -0.4 is 10.6 Å². The number of hydrogen-bond donors (Lipinski definition) is 2. The van der Waals surface area contributed by atoms with Crippen LogP contribution in [0.25, 0.3) is 0 Å².